The highest BCUT2D eigenvalue weighted by molar-refractivity contribution is 5.55. The highest BCUT2D eigenvalue weighted by Gasteiger charge is 2.22. The third kappa shape index (κ3) is 1.95. The van der Waals surface area contributed by atoms with E-state index in [1.807, 2.05) is 0 Å². The average molecular weight is 249 g/mol. The van der Waals surface area contributed by atoms with Crippen molar-refractivity contribution in [2.24, 2.45) is 0 Å². The van der Waals surface area contributed by atoms with Crippen molar-refractivity contribution in [2.45, 2.75) is 18.9 Å². The molecule has 0 radical (unpaired) electrons. The maximum atomic E-state index is 13.2. The number of hydrogen-bond acceptors (Lipinski definition) is 5. The van der Waals surface area contributed by atoms with Gasteiger partial charge in [-0.3, -0.25) is 0 Å². The summed E-state index contributed by atoms with van der Waals surface area (Å²) in [7, 11) is 0. The van der Waals surface area contributed by atoms with Crippen molar-refractivity contribution in [3.8, 4) is 17.1 Å². The molecule has 0 spiro atoms. The first-order valence-electron chi connectivity index (χ1n) is 5.80. The largest absolute Gasteiger partial charge is 0.505 e. The van der Waals surface area contributed by atoms with E-state index in [9.17, 15) is 4.39 Å². The van der Waals surface area contributed by atoms with Crippen LogP contribution in [0.4, 0.5) is 4.39 Å². The summed E-state index contributed by atoms with van der Waals surface area (Å²) in [6, 6.07) is 4.10. The number of hydrogen-bond donors (Lipinski definition) is 2. The summed E-state index contributed by atoms with van der Waals surface area (Å²) in [4.78, 5) is 4.24. The molecule has 1 aliphatic rings. The van der Waals surface area contributed by atoms with E-state index in [-0.39, 0.29) is 11.8 Å². The Bertz CT molecular complexity index is 564. The first-order valence-corrected chi connectivity index (χ1v) is 5.80. The second-order valence-electron chi connectivity index (χ2n) is 4.27. The van der Waals surface area contributed by atoms with Crippen molar-refractivity contribution < 1.29 is 14.0 Å². The Hall–Kier alpha value is -1.95. The van der Waals surface area contributed by atoms with E-state index in [0.717, 1.165) is 19.4 Å². The molecule has 2 N–H and O–H groups in total. The lowest BCUT2D eigenvalue weighted by molar-refractivity contribution is 0.345. The van der Waals surface area contributed by atoms with Crippen LogP contribution in [0.25, 0.3) is 11.4 Å². The third-order valence-electron chi connectivity index (χ3n) is 3.01. The number of phenolic OH excluding ortho intramolecular Hbond substituents is 1. The lowest BCUT2D eigenvalue weighted by Crippen LogP contribution is -2.12. The minimum atomic E-state index is -0.696. The number of aromatic nitrogens is 2. The van der Waals surface area contributed by atoms with Crippen LogP contribution in [0.3, 0.4) is 0 Å². The van der Waals surface area contributed by atoms with Gasteiger partial charge in [0, 0.05) is 5.56 Å². The van der Waals surface area contributed by atoms with E-state index in [1.165, 1.54) is 12.1 Å². The number of nitrogens with zero attached hydrogens (tertiary/aromatic N) is 2. The van der Waals surface area contributed by atoms with Crippen molar-refractivity contribution in [1.82, 2.24) is 15.5 Å². The summed E-state index contributed by atoms with van der Waals surface area (Å²) in [6.45, 7) is 0.941. The van der Waals surface area contributed by atoms with Crippen LogP contribution in [0.2, 0.25) is 0 Å². The molecule has 3 rings (SSSR count). The zero-order valence-electron chi connectivity index (χ0n) is 9.56. The second kappa shape index (κ2) is 4.38. The fourth-order valence-electron chi connectivity index (χ4n) is 2.04. The van der Waals surface area contributed by atoms with Gasteiger partial charge in [0.1, 0.15) is 0 Å². The summed E-state index contributed by atoms with van der Waals surface area (Å²) < 4.78 is 18.4. The van der Waals surface area contributed by atoms with Gasteiger partial charge in [-0.05, 0) is 37.6 Å². The van der Waals surface area contributed by atoms with E-state index < -0.39 is 5.82 Å². The molecule has 0 saturated carbocycles. The standard InChI is InChI=1S/C12H12FN3O2/c13-8-6-7(3-4-10(8)17)11-15-12(18-16-11)9-2-1-5-14-9/h3-4,6,9,14,17H,1-2,5H2/t9-/m0/s1. The topological polar surface area (TPSA) is 71.2 Å². The van der Waals surface area contributed by atoms with Gasteiger partial charge in [0.05, 0.1) is 6.04 Å². The number of benzene rings is 1. The monoisotopic (exact) mass is 249 g/mol. The molecule has 5 nitrogen and oxygen atoms in total. The Morgan fingerprint density at radius 3 is 3.06 bits per heavy atom. The van der Waals surface area contributed by atoms with E-state index in [2.05, 4.69) is 15.5 Å². The van der Waals surface area contributed by atoms with Gasteiger partial charge >= 0.3 is 0 Å². The average Bonchev–Trinajstić information content (AvgIpc) is 3.01. The Morgan fingerprint density at radius 1 is 1.44 bits per heavy atom. The fourth-order valence-corrected chi connectivity index (χ4v) is 2.04. The molecule has 1 saturated heterocycles. The molecular weight excluding hydrogens is 237 g/mol. The van der Waals surface area contributed by atoms with Gasteiger partial charge in [-0.15, -0.1) is 0 Å². The number of rotatable bonds is 2. The van der Waals surface area contributed by atoms with E-state index >= 15 is 0 Å². The van der Waals surface area contributed by atoms with E-state index in [4.69, 9.17) is 9.63 Å². The Labute approximate surface area is 103 Å². The Balaban J connectivity index is 1.89. The van der Waals surface area contributed by atoms with Crippen LogP contribution in [0.15, 0.2) is 22.7 Å². The molecule has 0 aliphatic carbocycles. The number of aromatic hydroxyl groups is 1. The van der Waals surface area contributed by atoms with Gasteiger partial charge in [-0.25, -0.2) is 4.39 Å². The maximum absolute atomic E-state index is 13.2. The van der Waals surface area contributed by atoms with Crippen molar-refractivity contribution in [3.63, 3.8) is 0 Å². The molecule has 1 aromatic heterocycles. The normalized spacial score (nSPS) is 19.3. The van der Waals surface area contributed by atoms with Crippen LogP contribution in [-0.4, -0.2) is 21.8 Å². The molecular formula is C12H12FN3O2. The van der Waals surface area contributed by atoms with Gasteiger partial charge in [0.25, 0.3) is 0 Å². The van der Waals surface area contributed by atoms with Gasteiger partial charge in [0.15, 0.2) is 11.6 Å². The SMILES string of the molecule is Oc1ccc(-c2noc([C@@H]3CCCN3)n2)cc1F. The smallest absolute Gasteiger partial charge is 0.244 e. The zero-order valence-corrected chi connectivity index (χ0v) is 9.56. The summed E-state index contributed by atoms with van der Waals surface area (Å²) in [5.41, 5.74) is 0.485. The maximum Gasteiger partial charge on any atom is 0.244 e. The highest BCUT2D eigenvalue weighted by atomic mass is 19.1. The lowest BCUT2D eigenvalue weighted by Gasteiger charge is -2.01. The first-order chi connectivity index (χ1) is 8.74. The van der Waals surface area contributed by atoms with Gasteiger partial charge in [-0.2, -0.15) is 4.98 Å². The fraction of sp³-hybridized carbons (Fsp3) is 0.333. The predicted molar refractivity (Wildman–Crippen MR) is 61.3 cm³/mol. The second-order valence-corrected chi connectivity index (χ2v) is 4.27. The molecule has 6 heteroatoms. The summed E-state index contributed by atoms with van der Waals surface area (Å²) in [5, 5.41) is 16.2. The molecule has 1 aliphatic heterocycles. The molecule has 18 heavy (non-hydrogen) atoms. The molecule has 1 fully saturated rings. The van der Waals surface area contributed by atoms with Gasteiger partial charge < -0.3 is 14.9 Å². The molecule has 0 bridgehead atoms. The quantitative estimate of drug-likeness (QED) is 0.851. The third-order valence-corrected chi connectivity index (χ3v) is 3.01. The number of nitrogens with one attached hydrogen (secondary N) is 1. The van der Waals surface area contributed by atoms with Crippen LogP contribution in [0.5, 0.6) is 5.75 Å². The first kappa shape index (κ1) is 11.2. The van der Waals surface area contributed by atoms with Crippen molar-refractivity contribution >= 4 is 0 Å². The van der Waals surface area contributed by atoms with Crippen molar-refractivity contribution in [2.75, 3.05) is 6.54 Å². The van der Waals surface area contributed by atoms with Crippen LogP contribution >= 0.6 is 0 Å². The van der Waals surface area contributed by atoms with Crippen molar-refractivity contribution in [1.29, 1.82) is 0 Å². The molecule has 1 atom stereocenters. The zero-order chi connectivity index (χ0) is 12.5. The number of phenols is 1. The van der Waals surface area contributed by atoms with E-state index in [1.54, 1.807) is 6.07 Å². The molecule has 2 heterocycles. The molecule has 0 unspecified atom stereocenters. The molecule has 1 aromatic carbocycles. The predicted octanol–water partition coefficient (Wildman–Crippen LogP) is 2.01. The van der Waals surface area contributed by atoms with Crippen LogP contribution in [0, 0.1) is 5.82 Å². The van der Waals surface area contributed by atoms with Crippen molar-refractivity contribution in [3.05, 3.63) is 29.9 Å². The molecule has 0 amide bonds. The van der Waals surface area contributed by atoms with Crippen LogP contribution in [-0.2, 0) is 0 Å². The van der Waals surface area contributed by atoms with Crippen LogP contribution in [0.1, 0.15) is 24.8 Å². The Kier molecular flexibility index (Phi) is 2.71. The van der Waals surface area contributed by atoms with E-state index in [0.29, 0.717) is 17.3 Å². The van der Waals surface area contributed by atoms with Gasteiger partial charge in [-0.1, -0.05) is 5.16 Å². The number of halogens is 1. The summed E-state index contributed by atoms with van der Waals surface area (Å²) in [5.74, 6) is -0.230. The minimum absolute atomic E-state index is 0.0909. The Morgan fingerprint density at radius 2 is 2.33 bits per heavy atom. The summed E-state index contributed by atoms with van der Waals surface area (Å²) >= 11 is 0. The lowest BCUT2D eigenvalue weighted by atomic mass is 10.2. The molecule has 94 valence electrons. The summed E-state index contributed by atoms with van der Waals surface area (Å²) in [6.07, 6.45) is 2.04. The minimum Gasteiger partial charge on any atom is -0.505 e. The van der Waals surface area contributed by atoms with Crippen LogP contribution < -0.4 is 5.32 Å². The molecule has 2 aromatic rings. The highest BCUT2D eigenvalue weighted by Crippen LogP contribution is 2.26. The van der Waals surface area contributed by atoms with Gasteiger partial charge in [0.2, 0.25) is 11.7 Å².